The fourth-order valence-corrected chi connectivity index (χ4v) is 4.05. The normalized spacial score (nSPS) is 28.1. The maximum Gasteiger partial charge on any atom is 0.416 e. The molecule has 126 valence electrons. The Morgan fingerprint density at radius 3 is 2.74 bits per heavy atom. The molecule has 1 saturated heterocycles. The molecule has 1 heterocycles. The first-order valence-corrected chi connectivity index (χ1v) is 7.54. The first kappa shape index (κ1) is 16.2. The summed E-state index contributed by atoms with van der Waals surface area (Å²) in [6, 6.07) is 2.65. The van der Waals surface area contributed by atoms with Crippen molar-refractivity contribution in [3.8, 4) is 0 Å². The van der Waals surface area contributed by atoms with Crippen molar-refractivity contribution in [2.75, 3.05) is 13.1 Å². The number of alkyl halides is 3. The van der Waals surface area contributed by atoms with Crippen LogP contribution in [0.5, 0.6) is 0 Å². The summed E-state index contributed by atoms with van der Waals surface area (Å²) in [5.74, 6) is -1.81. The maximum atomic E-state index is 13.2. The Balaban J connectivity index is 1.83. The molecule has 7 heteroatoms. The van der Waals surface area contributed by atoms with Crippen LogP contribution in [0.2, 0.25) is 0 Å². The van der Waals surface area contributed by atoms with Gasteiger partial charge in [0.1, 0.15) is 5.82 Å². The van der Waals surface area contributed by atoms with Crippen LogP contribution in [0.25, 0.3) is 0 Å². The lowest BCUT2D eigenvalue weighted by Gasteiger charge is -2.24. The number of hydrogen-bond acceptors (Lipinski definition) is 2. The molecule has 1 aromatic rings. The minimum absolute atomic E-state index is 0.0132. The highest BCUT2D eigenvalue weighted by Crippen LogP contribution is 2.49. The largest absolute Gasteiger partial charge is 0.481 e. The molecular weight excluding hydrogens is 314 g/mol. The molecule has 1 N–H and O–H groups in total. The van der Waals surface area contributed by atoms with E-state index in [-0.39, 0.29) is 24.6 Å². The van der Waals surface area contributed by atoms with Gasteiger partial charge in [0.25, 0.3) is 0 Å². The van der Waals surface area contributed by atoms with Gasteiger partial charge >= 0.3 is 12.1 Å². The zero-order valence-corrected chi connectivity index (χ0v) is 12.4. The average molecular weight is 331 g/mol. The maximum absolute atomic E-state index is 13.2. The third-order valence-corrected chi connectivity index (χ3v) is 5.14. The van der Waals surface area contributed by atoms with Crippen molar-refractivity contribution < 1.29 is 27.5 Å². The summed E-state index contributed by atoms with van der Waals surface area (Å²) in [5, 5.41) is 9.52. The van der Waals surface area contributed by atoms with Gasteiger partial charge in [-0.3, -0.25) is 9.69 Å². The number of benzene rings is 1. The molecule has 1 aromatic carbocycles. The fraction of sp³-hybridized carbons (Fsp3) is 0.562. The van der Waals surface area contributed by atoms with Crippen LogP contribution in [-0.4, -0.2) is 29.1 Å². The molecule has 2 aliphatic rings. The quantitative estimate of drug-likeness (QED) is 0.862. The van der Waals surface area contributed by atoms with E-state index < -0.39 is 28.9 Å². The summed E-state index contributed by atoms with van der Waals surface area (Å²) in [7, 11) is 0. The smallest absolute Gasteiger partial charge is 0.416 e. The number of carbonyl (C=O) groups is 1. The molecule has 1 aliphatic heterocycles. The van der Waals surface area contributed by atoms with E-state index in [1.807, 2.05) is 0 Å². The lowest BCUT2D eigenvalue weighted by Crippen LogP contribution is -2.35. The molecule has 1 saturated carbocycles. The molecule has 1 aliphatic carbocycles. The highest BCUT2D eigenvalue weighted by molar-refractivity contribution is 5.76. The van der Waals surface area contributed by atoms with Crippen molar-refractivity contribution in [1.29, 1.82) is 0 Å². The molecule has 2 atom stereocenters. The number of aliphatic carboxylic acids is 1. The van der Waals surface area contributed by atoms with Gasteiger partial charge in [0.15, 0.2) is 0 Å². The van der Waals surface area contributed by atoms with Crippen molar-refractivity contribution in [2.24, 2.45) is 11.3 Å². The molecule has 0 unspecified atom stereocenters. The minimum Gasteiger partial charge on any atom is -0.481 e. The van der Waals surface area contributed by atoms with Crippen LogP contribution in [0.4, 0.5) is 17.6 Å². The van der Waals surface area contributed by atoms with E-state index in [1.165, 1.54) is 0 Å². The fourth-order valence-electron chi connectivity index (χ4n) is 4.05. The molecular formula is C16H17F4NO2. The molecule has 2 fully saturated rings. The van der Waals surface area contributed by atoms with Gasteiger partial charge in [0.2, 0.25) is 0 Å². The highest BCUT2D eigenvalue weighted by atomic mass is 19.4. The van der Waals surface area contributed by atoms with Gasteiger partial charge in [-0.25, -0.2) is 4.39 Å². The van der Waals surface area contributed by atoms with E-state index in [9.17, 15) is 27.5 Å². The molecule has 23 heavy (non-hydrogen) atoms. The van der Waals surface area contributed by atoms with Gasteiger partial charge < -0.3 is 5.11 Å². The number of likely N-dealkylation sites (tertiary alicyclic amines) is 1. The van der Waals surface area contributed by atoms with Crippen molar-refractivity contribution in [2.45, 2.75) is 32.0 Å². The average Bonchev–Trinajstić information content (AvgIpc) is 2.97. The Bertz CT molecular complexity index is 631. The van der Waals surface area contributed by atoms with Gasteiger partial charge in [-0.05, 0) is 36.5 Å². The molecule has 0 amide bonds. The van der Waals surface area contributed by atoms with E-state index in [0.717, 1.165) is 25.0 Å². The van der Waals surface area contributed by atoms with Crippen molar-refractivity contribution in [3.63, 3.8) is 0 Å². The summed E-state index contributed by atoms with van der Waals surface area (Å²) in [4.78, 5) is 13.4. The Hall–Kier alpha value is -1.63. The highest BCUT2D eigenvalue weighted by Gasteiger charge is 2.54. The minimum atomic E-state index is -4.63. The molecule has 3 rings (SSSR count). The number of halogens is 4. The lowest BCUT2D eigenvalue weighted by molar-refractivity contribution is -0.149. The number of nitrogens with zero attached hydrogens (tertiary/aromatic N) is 1. The van der Waals surface area contributed by atoms with Gasteiger partial charge in [-0.1, -0.05) is 12.5 Å². The zero-order valence-electron chi connectivity index (χ0n) is 12.4. The summed E-state index contributed by atoms with van der Waals surface area (Å²) < 4.78 is 52.3. The van der Waals surface area contributed by atoms with Crippen LogP contribution in [0, 0.1) is 17.2 Å². The molecule has 0 radical (unpaired) electrons. The van der Waals surface area contributed by atoms with E-state index >= 15 is 0 Å². The summed E-state index contributed by atoms with van der Waals surface area (Å²) in [6.07, 6.45) is -2.43. The lowest BCUT2D eigenvalue weighted by atomic mass is 9.81. The predicted octanol–water partition coefficient (Wildman–Crippen LogP) is 3.53. The standard InChI is InChI=1S/C16H17F4NO2/c17-12-4-3-10(13(6-12)16(18,19)20)7-21-8-11-2-1-5-15(11,9-21)14(22)23/h3-4,6,11H,1-2,5,7-9H2,(H,22,23)/t11-,15+/m0/s1. The summed E-state index contributed by atoms with van der Waals surface area (Å²) in [6.45, 7) is 0.712. The second-order valence-electron chi connectivity index (χ2n) is 6.52. The number of hydrogen-bond donors (Lipinski definition) is 1. The topological polar surface area (TPSA) is 40.5 Å². The Kier molecular flexibility index (Phi) is 3.86. The van der Waals surface area contributed by atoms with Crippen LogP contribution in [0.15, 0.2) is 18.2 Å². The molecule has 0 aromatic heterocycles. The molecule has 3 nitrogen and oxygen atoms in total. The zero-order chi connectivity index (χ0) is 16.8. The third-order valence-electron chi connectivity index (χ3n) is 5.14. The first-order chi connectivity index (χ1) is 10.7. The first-order valence-electron chi connectivity index (χ1n) is 7.54. The van der Waals surface area contributed by atoms with Crippen molar-refractivity contribution >= 4 is 5.97 Å². The van der Waals surface area contributed by atoms with E-state index in [4.69, 9.17) is 0 Å². The Morgan fingerprint density at radius 2 is 2.13 bits per heavy atom. The number of carboxylic acid groups (broad SMARTS) is 1. The van der Waals surface area contributed by atoms with Crippen LogP contribution in [-0.2, 0) is 17.5 Å². The monoisotopic (exact) mass is 331 g/mol. The number of carboxylic acids is 1. The van der Waals surface area contributed by atoms with Crippen molar-refractivity contribution in [3.05, 3.63) is 35.1 Å². The summed E-state index contributed by atoms with van der Waals surface area (Å²) in [5.41, 5.74) is -1.84. The van der Waals surface area contributed by atoms with Gasteiger partial charge in [0.05, 0.1) is 11.0 Å². The van der Waals surface area contributed by atoms with Crippen LogP contribution < -0.4 is 0 Å². The van der Waals surface area contributed by atoms with Gasteiger partial charge in [-0.2, -0.15) is 13.2 Å². The number of rotatable bonds is 3. The SMILES string of the molecule is O=C(O)[C@@]12CCC[C@H]1CN(Cc1ccc(F)cc1C(F)(F)F)C2. The van der Waals surface area contributed by atoms with Gasteiger partial charge in [0, 0.05) is 19.6 Å². The summed E-state index contributed by atoms with van der Waals surface area (Å²) >= 11 is 0. The molecule has 0 bridgehead atoms. The predicted molar refractivity (Wildman–Crippen MR) is 74.1 cm³/mol. The van der Waals surface area contributed by atoms with Crippen LogP contribution in [0.1, 0.15) is 30.4 Å². The Morgan fingerprint density at radius 1 is 1.39 bits per heavy atom. The molecule has 0 spiro atoms. The van der Waals surface area contributed by atoms with Gasteiger partial charge in [-0.15, -0.1) is 0 Å². The second-order valence-corrected chi connectivity index (χ2v) is 6.52. The van der Waals surface area contributed by atoms with Crippen molar-refractivity contribution in [1.82, 2.24) is 4.90 Å². The van der Waals surface area contributed by atoms with Crippen LogP contribution in [0.3, 0.4) is 0 Å². The third kappa shape index (κ3) is 2.82. The van der Waals surface area contributed by atoms with Crippen LogP contribution >= 0.6 is 0 Å². The number of fused-ring (bicyclic) bond motifs is 1. The van der Waals surface area contributed by atoms with E-state index in [2.05, 4.69) is 0 Å². The second kappa shape index (κ2) is 5.47. The van der Waals surface area contributed by atoms with E-state index in [1.54, 1.807) is 4.90 Å². The van der Waals surface area contributed by atoms with E-state index in [0.29, 0.717) is 19.0 Å². The Labute approximate surface area is 130 Å².